The summed E-state index contributed by atoms with van der Waals surface area (Å²) in [5.74, 6) is 0.653. The van der Waals surface area contributed by atoms with Crippen molar-refractivity contribution < 1.29 is 14.0 Å². The summed E-state index contributed by atoms with van der Waals surface area (Å²) in [6.07, 6.45) is 3.91. The Morgan fingerprint density at radius 2 is 1.96 bits per heavy atom. The molecule has 2 atom stereocenters. The monoisotopic (exact) mass is 352 g/mol. The van der Waals surface area contributed by atoms with Gasteiger partial charge in [0.2, 0.25) is 5.91 Å². The molecule has 1 aromatic carbocycles. The van der Waals surface area contributed by atoms with Gasteiger partial charge in [0.15, 0.2) is 5.76 Å². The number of aryl methyl sites for hydroxylation is 1. The number of nitrogens with zero attached hydrogens (tertiary/aromatic N) is 1. The third-order valence-corrected chi connectivity index (χ3v) is 5.53. The topological polar surface area (TPSA) is 62.6 Å². The van der Waals surface area contributed by atoms with Gasteiger partial charge in [0.1, 0.15) is 0 Å². The van der Waals surface area contributed by atoms with Crippen LogP contribution in [0.3, 0.4) is 0 Å². The van der Waals surface area contributed by atoms with Gasteiger partial charge in [0, 0.05) is 25.6 Å². The molecule has 2 fully saturated rings. The molecule has 5 nitrogen and oxygen atoms in total. The molecule has 136 valence electrons. The molecule has 5 heteroatoms. The molecule has 1 N–H and O–H groups in total. The first-order valence-corrected chi connectivity index (χ1v) is 9.29. The standard InChI is InChI=1S/C21H24N2O3/c1-14-5-2-3-6-16(14)17-12-23(21(25)19-7-4-10-26-19)13-18(17)20(24)22-11-15-8-9-15/h2-7,10,15,17-18H,8-9,11-13H2,1H3,(H,22,24)/t17-,18+/m0/s1. The Labute approximate surface area is 153 Å². The van der Waals surface area contributed by atoms with E-state index in [0.29, 0.717) is 24.8 Å². The Morgan fingerprint density at radius 3 is 2.65 bits per heavy atom. The van der Waals surface area contributed by atoms with Crippen LogP contribution in [-0.2, 0) is 4.79 Å². The largest absolute Gasteiger partial charge is 0.459 e. The average Bonchev–Trinajstić information content (AvgIpc) is 3.13. The smallest absolute Gasteiger partial charge is 0.289 e. The highest BCUT2D eigenvalue weighted by atomic mass is 16.3. The predicted octanol–water partition coefficient (Wildman–Crippen LogP) is 2.97. The summed E-state index contributed by atoms with van der Waals surface area (Å²) < 4.78 is 5.26. The first kappa shape index (κ1) is 16.9. The van der Waals surface area contributed by atoms with E-state index in [0.717, 1.165) is 17.7 Å². The minimum absolute atomic E-state index is 0.00863. The van der Waals surface area contributed by atoms with Crippen molar-refractivity contribution in [3.8, 4) is 0 Å². The van der Waals surface area contributed by atoms with Crippen molar-refractivity contribution in [1.82, 2.24) is 10.2 Å². The van der Waals surface area contributed by atoms with E-state index in [1.54, 1.807) is 17.0 Å². The van der Waals surface area contributed by atoms with E-state index in [4.69, 9.17) is 4.42 Å². The van der Waals surface area contributed by atoms with Crippen LogP contribution in [0.4, 0.5) is 0 Å². The second kappa shape index (κ2) is 6.98. The van der Waals surface area contributed by atoms with Crippen LogP contribution in [0, 0.1) is 18.8 Å². The summed E-state index contributed by atoms with van der Waals surface area (Å²) in [5.41, 5.74) is 2.30. The van der Waals surface area contributed by atoms with Crippen molar-refractivity contribution in [3.63, 3.8) is 0 Å². The summed E-state index contributed by atoms with van der Waals surface area (Å²) in [4.78, 5) is 27.3. The number of likely N-dealkylation sites (tertiary alicyclic amines) is 1. The molecule has 0 spiro atoms. The molecule has 0 bridgehead atoms. The fourth-order valence-electron chi connectivity index (χ4n) is 3.81. The van der Waals surface area contributed by atoms with Crippen LogP contribution >= 0.6 is 0 Å². The van der Waals surface area contributed by atoms with Crippen molar-refractivity contribution >= 4 is 11.8 Å². The summed E-state index contributed by atoms with van der Waals surface area (Å²) in [7, 11) is 0. The third kappa shape index (κ3) is 3.39. The Balaban J connectivity index is 1.56. The van der Waals surface area contributed by atoms with Crippen LogP contribution in [0.1, 0.15) is 40.4 Å². The number of carbonyl (C=O) groups excluding carboxylic acids is 2. The molecule has 1 saturated carbocycles. The molecular formula is C21H24N2O3. The van der Waals surface area contributed by atoms with Gasteiger partial charge in [-0.15, -0.1) is 0 Å². The van der Waals surface area contributed by atoms with E-state index in [2.05, 4.69) is 24.4 Å². The van der Waals surface area contributed by atoms with Gasteiger partial charge in [-0.05, 0) is 48.9 Å². The van der Waals surface area contributed by atoms with E-state index in [-0.39, 0.29) is 23.7 Å². The summed E-state index contributed by atoms with van der Waals surface area (Å²) >= 11 is 0. The van der Waals surface area contributed by atoms with Gasteiger partial charge in [0.25, 0.3) is 5.91 Å². The number of furan rings is 1. The van der Waals surface area contributed by atoms with Gasteiger partial charge in [-0.3, -0.25) is 9.59 Å². The van der Waals surface area contributed by atoms with Crippen molar-refractivity contribution in [2.75, 3.05) is 19.6 Å². The van der Waals surface area contributed by atoms with E-state index < -0.39 is 0 Å². The van der Waals surface area contributed by atoms with Crippen molar-refractivity contribution in [2.45, 2.75) is 25.7 Å². The molecule has 0 radical (unpaired) electrons. The first-order valence-electron chi connectivity index (χ1n) is 9.29. The molecular weight excluding hydrogens is 328 g/mol. The maximum Gasteiger partial charge on any atom is 0.289 e. The molecule has 2 aliphatic rings. The molecule has 1 aliphatic heterocycles. The molecule has 1 aliphatic carbocycles. The lowest BCUT2D eigenvalue weighted by Crippen LogP contribution is -2.36. The maximum atomic E-state index is 12.9. The van der Waals surface area contributed by atoms with Gasteiger partial charge in [-0.25, -0.2) is 0 Å². The first-order chi connectivity index (χ1) is 12.6. The van der Waals surface area contributed by atoms with Crippen LogP contribution < -0.4 is 5.32 Å². The van der Waals surface area contributed by atoms with E-state index in [9.17, 15) is 9.59 Å². The predicted molar refractivity (Wildman–Crippen MR) is 97.8 cm³/mol. The van der Waals surface area contributed by atoms with E-state index in [1.807, 2.05) is 12.1 Å². The fourth-order valence-corrected chi connectivity index (χ4v) is 3.81. The van der Waals surface area contributed by atoms with Crippen LogP contribution in [0.25, 0.3) is 0 Å². The lowest BCUT2D eigenvalue weighted by molar-refractivity contribution is -0.125. The normalized spacial score (nSPS) is 22.4. The van der Waals surface area contributed by atoms with Crippen LogP contribution in [-0.4, -0.2) is 36.3 Å². The molecule has 26 heavy (non-hydrogen) atoms. The highest BCUT2D eigenvalue weighted by Crippen LogP contribution is 2.36. The third-order valence-electron chi connectivity index (χ3n) is 5.53. The highest BCUT2D eigenvalue weighted by molar-refractivity contribution is 5.92. The number of hydrogen-bond donors (Lipinski definition) is 1. The van der Waals surface area contributed by atoms with Gasteiger partial charge in [0.05, 0.1) is 12.2 Å². The average molecular weight is 352 g/mol. The molecule has 2 heterocycles. The minimum atomic E-state index is -0.228. The van der Waals surface area contributed by atoms with Crippen molar-refractivity contribution in [1.29, 1.82) is 0 Å². The quantitative estimate of drug-likeness (QED) is 0.900. The summed E-state index contributed by atoms with van der Waals surface area (Å²) in [5, 5.41) is 3.10. The van der Waals surface area contributed by atoms with Gasteiger partial charge in [-0.2, -0.15) is 0 Å². The molecule has 2 amide bonds. The van der Waals surface area contributed by atoms with Gasteiger partial charge < -0.3 is 14.6 Å². The summed E-state index contributed by atoms with van der Waals surface area (Å²) in [6, 6.07) is 11.5. The van der Waals surface area contributed by atoms with Crippen molar-refractivity contribution in [3.05, 3.63) is 59.5 Å². The zero-order valence-electron chi connectivity index (χ0n) is 15.0. The maximum absolute atomic E-state index is 12.9. The van der Waals surface area contributed by atoms with Crippen LogP contribution in [0.5, 0.6) is 0 Å². The number of amides is 2. The Kier molecular flexibility index (Phi) is 4.53. The second-order valence-corrected chi connectivity index (χ2v) is 7.45. The molecule has 1 saturated heterocycles. The second-order valence-electron chi connectivity index (χ2n) is 7.45. The Bertz CT molecular complexity index is 795. The Morgan fingerprint density at radius 1 is 1.15 bits per heavy atom. The number of rotatable bonds is 5. The van der Waals surface area contributed by atoms with Crippen molar-refractivity contribution in [2.24, 2.45) is 11.8 Å². The lowest BCUT2D eigenvalue weighted by atomic mass is 9.86. The molecule has 2 aromatic rings. The summed E-state index contributed by atoms with van der Waals surface area (Å²) in [6.45, 7) is 3.77. The number of hydrogen-bond acceptors (Lipinski definition) is 3. The van der Waals surface area contributed by atoms with Gasteiger partial charge >= 0.3 is 0 Å². The Hall–Kier alpha value is -2.56. The number of benzene rings is 1. The lowest BCUT2D eigenvalue weighted by Gasteiger charge is -2.19. The SMILES string of the molecule is Cc1ccccc1[C@@H]1CN(C(=O)c2ccco2)C[C@H]1C(=O)NCC1CC1. The van der Waals surface area contributed by atoms with E-state index >= 15 is 0 Å². The molecule has 4 rings (SSSR count). The highest BCUT2D eigenvalue weighted by Gasteiger charge is 2.41. The zero-order chi connectivity index (χ0) is 18.1. The van der Waals surface area contributed by atoms with E-state index in [1.165, 1.54) is 19.1 Å². The number of nitrogens with one attached hydrogen (secondary N) is 1. The molecule has 1 aromatic heterocycles. The minimum Gasteiger partial charge on any atom is -0.459 e. The fraction of sp³-hybridized carbons (Fsp3) is 0.429. The van der Waals surface area contributed by atoms with Crippen LogP contribution in [0.15, 0.2) is 47.1 Å². The van der Waals surface area contributed by atoms with Crippen LogP contribution in [0.2, 0.25) is 0 Å². The molecule has 0 unspecified atom stereocenters. The zero-order valence-corrected chi connectivity index (χ0v) is 15.0. The van der Waals surface area contributed by atoms with Gasteiger partial charge in [-0.1, -0.05) is 24.3 Å². The number of carbonyl (C=O) groups is 2.